The van der Waals surface area contributed by atoms with Crippen LogP contribution in [0.2, 0.25) is 0 Å². The van der Waals surface area contributed by atoms with Gasteiger partial charge in [-0.15, -0.1) is 0 Å². The zero-order valence-corrected chi connectivity index (χ0v) is 13.9. The Balaban J connectivity index is 2.28. The maximum atomic E-state index is 11.5. The fourth-order valence-corrected chi connectivity index (χ4v) is 4.31. The van der Waals surface area contributed by atoms with E-state index in [1.807, 2.05) is 0 Å². The first-order valence-electron chi connectivity index (χ1n) is 7.28. The molecular weight excluding hydrogens is 260 g/mol. The van der Waals surface area contributed by atoms with Crippen molar-refractivity contribution < 1.29 is 8.42 Å². The highest BCUT2D eigenvalue weighted by Gasteiger charge is 2.32. The maximum Gasteiger partial charge on any atom is 0.151 e. The molecule has 0 aromatic rings. The molecule has 0 aromatic heterocycles. The first kappa shape index (κ1) is 16.9. The number of nitrogens with one attached hydrogen (secondary N) is 1. The van der Waals surface area contributed by atoms with Crippen molar-refractivity contribution in [1.82, 2.24) is 10.2 Å². The molecule has 0 radical (unpaired) electrons. The maximum absolute atomic E-state index is 11.5. The number of hydrogen-bond donors (Lipinski definition) is 1. The van der Waals surface area contributed by atoms with Crippen molar-refractivity contribution in [3.05, 3.63) is 0 Å². The van der Waals surface area contributed by atoms with E-state index in [1.54, 1.807) is 0 Å². The molecule has 0 bridgehead atoms. The lowest BCUT2D eigenvalue weighted by molar-refractivity contribution is 0.187. The fraction of sp³-hybridized carbons (Fsp3) is 1.00. The monoisotopic (exact) mass is 290 g/mol. The summed E-state index contributed by atoms with van der Waals surface area (Å²) in [6.07, 6.45) is 3.03. The highest BCUT2D eigenvalue weighted by Crippen LogP contribution is 2.19. The summed E-state index contributed by atoms with van der Waals surface area (Å²) in [5.41, 5.74) is 0.175. The summed E-state index contributed by atoms with van der Waals surface area (Å²) in [7, 11) is -0.710. The minimum absolute atomic E-state index is 0.175. The van der Waals surface area contributed by atoms with Gasteiger partial charge in [-0.05, 0) is 60.5 Å². The lowest BCUT2D eigenvalue weighted by Gasteiger charge is -2.30. The van der Waals surface area contributed by atoms with E-state index in [1.165, 1.54) is 0 Å². The van der Waals surface area contributed by atoms with Crippen LogP contribution in [0.5, 0.6) is 0 Å². The van der Waals surface area contributed by atoms with Crippen LogP contribution in [0.3, 0.4) is 0 Å². The molecule has 1 aliphatic heterocycles. The molecule has 1 heterocycles. The molecule has 1 saturated heterocycles. The molecule has 5 heteroatoms. The van der Waals surface area contributed by atoms with Gasteiger partial charge in [-0.25, -0.2) is 8.42 Å². The van der Waals surface area contributed by atoms with Gasteiger partial charge < -0.3 is 5.32 Å². The third-order valence-electron chi connectivity index (χ3n) is 3.93. The van der Waals surface area contributed by atoms with E-state index in [0.29, 0.717) is 17.5 Å². The summed E-state index contributed by atoms with van der Waals surface area (Å²) in [6, 6.07) is 0.663. The molecule has 114 valence electrons. The molecule has 2 atom stereocenters. The van der Waals surface area contributed by atoms with Crippen LogP contribution in [-0.4, -0.2) is 56.0 Å². The van der Waals surface area contributed by atoms with E-state index in [4.69, 9.17) is 0 Å². The van der Waals surface area contributed by atoms with E-state index >= 15 is 0 Å². The largest absolute Gasteiger partial charge is 0.312 e. The summed E-state index contributed by atoms with van der Waals surface area (Å²) < 4.78 is 23.0. The molecule has 19 heavy (non-hydrogen) atoms. The lowest BCUT2D eigenvalue weighted by Crippen LogP contribution is -2.40. The predicted octanol–water partition coefficient (Wildman–Crippen LogP) is 1.66. The lowest BCUT2D eigenvalue weighted by atomic mass is 10.1. The molecule has 0 aromatic carbocycles. The van der Waals surface area contributed by atoms with E-state index in [0.717, 1.165) is 25.8 Å². The summed E-state index contributed by atoms with van der Waals surface area (Å²) in [5, 5.41) is 3.48. The third-order valence-corrected chi connectivity index (χ3v) is 5.68. The quantitative estimate of drug-likeness (QED) is 0.756. The Morgan fingerprint density at radius 2 is 2.00 bits per heavy atom. The summed E-state index contributed by atoms with van der Waals surface area (Å²) >= 11 is 0. The zero-order chi connectivity index (χ0) is 14.7. The van der Waals surface area contributed by atoms with Crippen LogP contribution < -0.4 is 5.32 Å². The van der Waals surface area contributed by atoms with Crippen LogP contribution in [0.1, 0.15) is 47.0 Å². The molecule has 1 aliphatic rings. The van der Waals surface area contributed by atoms with Gasteiger partial charge in [-0.2, -0.15) is 0 Å². The Morgan fingerprint density at radius 3 is 2.47 bits per heavy atom. The van der Waals surface area contributed by atoms with Gasteiger partial charge in [0.25, 0.3) is 0 Å². The molecule has 2 unspecified atom stereocenters. The normalized spacial score (nSPS) is 24.8. The Hall–Kier alpha value is -0.130. The van der Waals surface area contributed by atoms with E-state index < -0.39 is 9.84 Å². The van der Waals surface area contributed by atoms with Gasteiger partial charge in [-0.3, -0.25) is 4.90 Å². The van der Waals surface area contributed by atoms with E-state index in [-0.39, 0.29) is 11.6 Å². The van der Waals surface area contributed by atoms with Gasteiger partial charge in [0.15, 0.2) is 9.84 Å². The van der Waals surface area contributed by atoms with Gasteiger partial charge in [0.2, 0.25) is 0 Å². The van der Waals surface area contributed by atoms with Gasteiger partial charge in [0.05, 0.1) is 11.5 Å². The fourth-order valence-electron chi connectivity index (χ4n) is 2.52. The van der Waals surface area contributed by atoms with Crippen LogP contribution in [0.25, 0.3) is 0 Å². The van der Waals surface area contributed by atoms with Crippen LogP contribution in [0.15, 0.2) is 0 Å². The number of hydrogen-bond acceptors (Lipinski definition) is 4. The molecule has 0 aliphatic carbocycles. The Labute approximate surface area is 118 Å². The minimum atomic E-state index is -2.77. The molecule has 0 saturated carbocycles. The van der Waals surface area contributed by atoms with Crippen molar-refractivity contribution in [2.45, 2.75) is 64.6 Å². The predicted molar refractivity (Wildman–Crippen MR) is 81.3 cm³/mol. The van der Waals surface area contributed by atoms with Crippen molar-refractivity contribution in [3.63, 3.8) is 0 Å². The molecule has 1 fully saturated rings. The van der Waals surface area contributed by atoms with E-state index in [2.05, 4.69) is 45.0 Å². The second-order valence-electron chi connectivity index (χ2n) is 6.89. The van der Waals surface area contributed by atoms with Gasteiger partial charge in [0.1, 0.15) is 0 Å². The standard InChI is InChI=1S/C14H30N2O2S/c1-12(7-6-9-15-14(2,3)4)16(5)13-8-10-19(17,18)11-13/h12-13,15H,6-11H2,1-5H3. The first-order valence-corrected chi connectivity index (χ1v) is 9.10. The molecular formula is C14H30N2O2S. The van der Waals surface area contributed by atoms with Crippen molar-refractivity contribution in [1.29, 1.82) is 0 Å². The van der Waals surface area contributed by atoms with Gasteiger partial charge in [-0.1, -0.05) is 0 Å². The van der Waals surface area contributed by atoms with Crippen molar-refractivity contribution in [3.8, 4) is 0 Å². The van der Waals surface area contributed by atoms with Gasteiger partial charge in [0, 0.05) is 17.6 Å². The van der Waals surface area contributed by atoms with Crippen molar-refractivity contribution >= 4 is 9.84 Å². The highest BCUT2D eigenvalue weighted by atomic mass is 32.2. The molecule has 4 nitrogen and oxygen atoms in total. The Bertz CT molecular complexity index is 373. The topological polar surface area (TPSA) is 49.4 Å². The summed E-state index contributed by atoms with van der Waals surface area (Å²) in [4.78, 5) is 2.25. The average Bonchev–Trinajstić information content (AvgIpc) is 2.62. The highest BCUT2D eigenvalue weighted by molar-refractivity contribution is 7.91. The van der Waals surface area contributed by atoms with Crippen LogP contribution >= 0.6 is 0 Å². The Kier molecular flexibility index (Phi) is 5.83. The van der Waals surface area contributed by atoms with Crippen molar-refractivity contribution in [2.75, 3.05) is 25.1 Å². The first-order chi connectivity index (χ1) is 8.61. The molecule has 0 spiro atoms. The van der Waals surface area contributed by atoms with Crippen molar-refractivity contribution in [2.24, 2.45) is 0 Å². The van der Waals surface area contributed by atoms with Crippen LogP contribution in [0, 0.1) is 0 Å². The molecule has 0 amide bonds. The number of rotatable bonds is 6. The van der Waals surface area contributed by atoms with Crippen LogP contribution in [0.4, 0.5) is 0 Å². The minimum Gasteiger partial charge on any atom is -0.312 e. The SMILES string of the molecule is CC(CCCNC(C)(C)C)N(C)C1CCS(=O)(=O)C1. The molecule has 1 N–H and O–H groups in total. The summed E-state index contributed by atoms with van der Waals surface area (Å²) in [6.45, 7) is 9.73. The second-order valence-corrected chi connectivity index (χ2v) is 9.12. The second kappa shape index (κ2) is 6.55. The summed E-state index contributed by atoms with van der Waals surface area (Å²) in [5.74, 6) is 0.703. The molecule has 1 rings (SSSR count). The zero-order valence-electron chi connectivity index (χ0n) is 13.1. The van der Waals surface area contributed by atoms with E-state index in [9.17, 15) is 8.42 Å². The average molecular weight is 290 g/mol. The number of sulfone groups is 1. The third kappa shape index (κ3) is 6.23. The van der Waals surface area contributed by atoms with Crippen LogP contribution in [-0.2, 0) is 9.84 Å². The number of nitrogens with zero attached hydrogens (tertiary/aromatic N) is 1. The van der Waals surface area contributed by atoms with Gasteiger partial charge >= 0.3 is 0 Å². The Morgan fingerprint density at radius 1 is 1.37 bits per heavy atom. The smallest absolute Gasteiger partial charge is 0.151 e.